The summed E-state index contributed by atoms with van der Waals surface area (Å²) in [4.78, 5) is 11.0. The molecular weight excluding hydrogens is 204 g/mol. The van der Waals surface area contributed by atoms with E-state index in [0.717, 1.165) is 6.07 Å². The minimum atomic E-state index is -0.880. The Morgan fingerprint density at radius 2 is 2.13 bits per heavy atom. The van der Waals surface area contributed by atoms with Gasteiger partial charge in [0.05, 0.1) is 11.8 Å². The Kier molecular flexibility index (Phi) is 3.60. The number of nitrogens with one attached hydrogen (secondary N) is 1. The van der Waals surface area contributed by atoms with Crippen LogP contribution in [0.25, 0.3) is 0 Å². The number of amides is 1. The molecule has 0 unspecified atom stereocenters. The number of ether oxygens (including phenoxy) is 1. The Balaban J connectivity index is 2.68. The van der Waals surface area contributed by atoms with E-state index in [1.54, 1.807) is 13.8 Å². The lowest BCUT2D eigenvalue weighted by Crippen LogP contribution is -2.18. The van der Waals surface area contributed by atoms with Crippen molar-refractivity contribution < 1.29 is 18.3 Å². The summed E-state index contributed by atoms with van der Waals surface area (Å²) in [5.41, 5.74) is -0.0989. The first-order valence-corrected chi connectivity index (χ1v) is 4.33. The summed E-state index contributed by atoms with van der Waals surface area (Å²) in [7, 11) is 0. The summed E-state index contributed by atoms with van der Waals surface area (Å²) < 4.78 is 30.1. The van der Waals surface area contributed by atoms with E-state index in [4.69, 9.17) is 4.74 Å². The Labute approximate surface area is 86.0 Å². The molecule has 1 N–H and O–H groups in total. The van der Waals surface area contributed by atoms with Crippen molar-refractivity contribution in [3.63, 3.8) is 0 Å². The fourth-order valence-corrected chi connectivity index (χ4v) is 0.922. The number of benzene rings is 1. The van der Waals surface area contributed by atoms with Gasteiger partial charge >= 0.3 is 6.09 Å². The van der Waals surface area contributed by atoms with Crippen LogP contribution in [0.5, 0.6) is 0 Å². The molecule has 0 spiro atoms. The molecular formula is C10H10F2NO2. The monoisotopic (exact) mass is 214 g/mol. The van der Waals surface area contributed by atoms with Crippen molar-refractivity contribution in [2.45, 2.75) is 20.0 Å². The Bertz CT molecular complexity index is 346. The zero-order valence-electron chi connectivity index (χ0n) is 8.30. The zero-order valence-corrected chi connectivity index (χ0v) is 8.30. The van der Waals surface area contributed by atoms with E-state index >= 15 is 0 Å². The quantitative estimate of drug-likeness (QED) is 0.821. The highest BCUT2D eigenvalue weighted by Crippen LogP contribution is 2.12. The largest absolute Gasteiger partial charge is 0.447 e. The number of hydrogen-bond donors (Lipinski definition) is 1. The Morgan fingerprint density at radius 3 is 2.67 bits per heavy atom. The fraction of sp³-hybridized carbons (Fsp3) is 0.300. The summed E-state index contributed by atoms with van der Waals surface area (Å²) in [6.07, 6.45) is -1.07. The lowest BCUT2D eigenvalue weighted by Gasteiger charge is -2.09. The number of carbonyl (C=O) groups is 1. The minimum absolute atomic E-state index is 0.0989. The van der Waals surface area contributed by atoms with Crippen LogP contribution in [0, 0.1) is 17.7 Å². The lowest BCUT2D eigenvalue weighted by molar-refractivity contribution is 0.130. The predicted molar refractivity (Wildman–Crippen MR) is 50.4 cm³/mol. The van der Waals surface area contributed by atoms with Crippen molar-refractivity contribution >= 4 is 11.8 Å². The van der Waals surface area contributed by atoms with Crippen molar-refractivity contribution in [3.8, 4) is 0 Å². The highest BCUT2D eigenvalue weighted by atomic mass is 19.1. The van der Waals surface area contributed by atoms with E-state index in [1.807, 2.05) is 0 Å². The molecule has 0 atom stereocenters. The van der Waals surface area contributed by atoms with Crippen molar-refractivity contribution in [1.29, 1.82) is 0 Å². The van der Waals surface area contributed by atoms with Gasteiger partial charge in [0.2, 0.25) is 0 Å². The fourth-order valence-electron chi connectivity index (χ4n) is 0.922. The molecule has 0 fully saturated rings. The summed E-state index contributed by atoms with van der Waals surface area (Å²) in [5, 5.41) is 2.16. The van der Waals surface area contributed by atoms with Crippen molar-refractivity contribution in [2.24, 2.45) is 0 Å². The molecule has 0 aromatic heterocycles. The second-order valence-electron chi connectivity index (χ2n) is 3.14. The second-order valence-corrected chi connectivity index (χ2v) is 3.14. The number of hydrogen-bond acceptors (Lipinski definition) is 2. The number of halogens is 2. The molecule has 81 valence electrons. The lowest BCUT2D eigenvalue weighted by atomic mass is 10.3. The predicted octanol–water partition coefficient (Wildman–Crippen LogP) is 2.72. The summed E-state index contributed by atoms with van der Waals surface area (Å²) in [5.74, 6) is -1.67. The van der Waals surface area contributed by atoms with Gasteiger partial charge in [-0.2, -0.15) is 0 Å². The van der Waals surface area contributed by atoms with Crippen LogP contribution in [-0.2, 0) is 4.74 Å². The van der Waals surface area contributed by atoms with E-state index in [0.29, 0.717) is 6.07 Å². The van der Waals surface area contributed by atoms with Gasteiger partial charge in [-0.3, -0.25) is 5.32 Å². The summed E-state index contributed by atoms with van der Waals surface area (Å²) >= 11 is 0. The average Bonchev–Trinajstić information content (AvgIpc) is 1.98. The molecule has 0 aliphatic carbocycles. The van der Waals surface area contributed by atoms with Gasteiger partial charge in [-0.1, -0.05) is 0 Å². The molecule has 15 heavy (non-hydrogen) atoms. The maximum absolute atomic E-state index is 12.7. The van der Waals surface area contributed by atoms with Gasteiger partial charge in [-0.05, 0) is 19.9 Å². The van der Waals surface area contributed by atoms with Crippen LogP contribution < -0.4 is 5.32 Å². The van der Waals surface area contributed by atoms with Crippen LogP contribution in [0.15, 0.2) is 12.1 Å². The second kappa shape index (κ2) is 4.72. The van der Waals surface area contributed by atoms with Crippen LogP contribution in [0.1, 0.15) is 13.8 Å². The van der Waals surface area contributed by atoms with Crippen LogP contribution >= 0.6 is 0 Å². The maximum atomic E-state index is 12.7. The van der Waals surface area contributed by atoms with Crippen LogP contribution in [0.3, 0.4) is 0 Å². The molecule has 0 aliphatic rings. The van der Waals surface area contributed by atoms with Gasteiger partial charge in [-0.15, -0.1) is 0 Å². The van der Waals surface area contributed by atoms with E-state index in [1.165, 1.54) is 0 Å². The van der Waals surface area contributed by atoms with Gasteiger partial charge in [0.1, 0.15) is 11.6 Å². The molecule has 1 amide bonds. The SMILES string of the molecule is CC(C)OC(=O)Nc1[c]c(F)cc(F)c1. The van der Waals surface area contributed by atoms with Gasteiger partial charge < -0.3 is 4.74 Å². The summed E-state index contributed by atoms with van der Waals surface area (Å²) in [6, 6.07) is 3.75. The summed E-state index contributed by atoms with van der Waals surface area (Å²) in [6.45, 7) is 3.32. The van der Waals surface area contributed by atoms with E-state index in [-0.39, 0.29) is 11.8 Å². The van der Waals surface area contributed by atoms with E-state index in [9.17, 15) is 13.6 Å². The Hall–Kier alpha value is -1.65. The van der Waals surface area contributed by atoms with Gasteiger partial charge in [0.15, 0.2) is 0 Å². The third kappa shape index (κ3) is 3.93. The number of carbonyl (C=O) groups excluding carboxylic acids is 1. The highest BCUT2D eigenvalue weighted by molar-refractivity contribution is 5.84. The van der Waals surface area contributed by atoms with Crippen molar-refractivity contribution in [2.75, 3.05) is 5.32 Å². The molecule has 0 heterocycles. The van der Waals surface area contributed by atoms with Crippen molar-refractivity contribution in [3.05, 3.63) is 29.8 Å². The first-order chi connectivity index (χ1) is 6.97. The standard InChI is InChI=1S/C10H10F2NO2/c1-6(2)15-10(14)13-9-4-7(11)3-8(12)5-9/h3-4,6H,1-2H3,(H,13,14). The molecule has 1 aromatic rings. The normalized spacial score (nSPS) is 10.2. The molecule has 3 nitrogen and oxygen atoms in total. The van der Waals surface area contributed by atoms with Gasteiger partial charge in [0.25, 0.3) is 0 Å². The third-order valence-corrected chi connectivity index (χ3v) is 1.38. The molecule has 0 saturated heterocycles. The van der Waals surface area contributed by atoms with Crippen molar-refractivity contribution in [1.82, 2.24) is 0 Å². The molecule has 1 radical (unpaired) electrons. The van der Waals surface area contributed by atoms with Crippen LogP contribution in [-0.4, -0.2) is 12.2 Å². The smallest absolute Gasteiger partial charge is 0.411 e. The van der Waals surface area contributed by atoms with Crippen LogP contribution in [0.2, 0.25) is 0 Å². The molecule has 0 saturated carbocycles. The minimum Gasteiger partial charge on any atom is -0.447 e. The van der Waals surface area contributed by atoms with Gasteiger partial charge in [-0.25, -0.2) is 13.6 Å². The zero-order chi connectivity index (χ0) is 11.4. The molecule has 5 heteroatoms. The average molecular weight is 214 g/mol. The third-order valence-electron chi connectivity index (χ3n) is 1.38. The molecule has 1 aromatic carbocycles. The van der Waals surface area contributed by atoms with Crippen LogP contribution in [0.4, 0.5) is 19.3 Å². The van der Waals surface area contributed by atoms with E-state index in [2.05, 4.69) is 11.4 Å². The number of rotatable bonds is 2. The van der Waals surface area contributed by atoms with Gasteiger partial charge in [0, 0.05) is 12.1 Å². The highest BCUT2D eigenvalue weighted by Gasteiger charge is 2.07. The molecule has 1 rings (SSSR count). The Morgan fingerprint density at radius 1 is 1.47 bits per heavy atom. The molecule has 0 bridgehead atoms. The maximum Gasteiger partial charge on any atom is 0.411 e. The first-order valence-electron chi connectivity index (χ1n) is 4.33. The van der Waals surface area contributed by atoms with E-state index < -0.39 is 17.7 Å². The topological polar surface area (TPSA) is 38.3 Å². The number of anilines is 1. The molecule has 0 aliphatic heterocycles. The first kappa shape index (κ1) is 11.4.